The molecule has 4 rings (SSSR count). The van der Waals surface area contributed by atoms with Gasteiger partial charge in [-0.1, -0.05) is 56.9 Å². The zero-order chi connectivity index (χ0) is 34.4. The predicted molar refractivity (Wildman–Crippen MR) is 179 cm³/mol. The normalized spacial score (nSPS) is 25.8. The van der Waals surface area contributed by atoms with E-state index < -0.39 is 62.0 Å². The molecule has 0 bridgehead atoms. The molecule has 9 nitrogen and oxygen atoms in total. The van der Waals surface area contributed by atoms with Crippen molar-refractivity contribution in [1.82, 2.24) is 0 Å². The minimum atomic E-state index is -1.41. The number of methoxy groups -OCH3 is 1. The van der Waals surface area contributed by atoms with Crippen LogP contribution in [0.15, 0.2) is 60.4 Å². The summed E-state index contributed by atoms with van der Waals surface area (Å²) in [6.45, 7) is 14.1. The largest absolute Gasteiger partial charge is 0.494 e. The van der Waals surface area contributed by atoms with Crippen molar-refractivity contribution in [3.8, 4) is 11.5 Å². The Hall–Kier alpha value is -3.51. The molecule has 11 heteroatoms. The summed E-state index contributed by atoms with van der Waals surface area (Å²) < 4.78 is 57.4. The van der Waals surface area contributed by atoms with Crippen LogP contribution < -0.4 is 9.47 Å². The van der Waals surface area contributed by atoms with Crippen LogP contribution in [0.25, 0.3) is 6.08 Å². The molecule has 47 heavy (non-hydrogen) atoms. The number of hydrogen-bond acceptors (Lipinski definition) is 9. The molecular weight excluding hydrogens is 623 g/mol. The standard InChI is InChI=1S/C36H47FO9Si/c1-23-19-28(37)32(44-34(38)25-13-10-9-11-14-25)33-29(45-36(3,4)46-33)16-12-15-26-20-27(41-17-18-47(6,7)8)21-30(42-22-40-5)31(26)35(39)43-24(23)2/h9-15,19-21,23-24,29,32-33H,16-18,22H2,1-8H3/b15-12?,28-19+/t23-,24+,29?,32?,33?/m1/s1. The third-order valence-electron chi connectivity index (χ3n) is 7.92. The SMILES string of the molecule is COCOc1cc(OCC[Si](C)(C)C)cc2c1C(=O)O[C@@H](C)[C@H](C)/C=C(/F)C(OC(=O)c1ccccc1)C1OC(C)(C)OC1CC=C2. The van der Waals surface area contributed by atoms with E-state index in [9.17, 15) is 9.59 Å². The Bertz CT molecular complexity index is 1450. The Morgan fingerprint density at radius 1 is 1.06 bits per heavy atom. The van der Waals surface area contributed by atoms with E-state index in [1.807, 2.05) is 0 Å². The summed E-state index contributed by atoms with van der Waals surface area (Å²) in [7, 11) is 0.125. The summed E-state index contributed by atoms with van der Waals surface area (Å²) in [6.07, 6.45) is 1.25. The summed E-state index contributed by atoms with van der Waals surface area (Å²) in [5.74, 6) is -3.00. The van der Waals surface area contributed by atoms with Gasteiger partial charge >= 0.3 is 11.9 Å². The van der Waals surface area contributed by atoms with Crippen LogP contribution in [0.3, 0.4) is 0 Å². The fourth-order valence-corrected chi connectivity index (χ4v) is 5.96. The highest BCUT2D eigenvalue weighted by atomic mass is 28.3. The smallest absolute Gasteiger partial charge is 0.342 e. The highest BCUT2D eigenvalue weighted by molar-refractivity contribution is 6.76. The number of esters is 2. The maximum atomic E-state index is 16.2. The number of fused-ring (bicyclic) bond motifs is 2. The summed E-state index contributed by atoms with van der Waals surface area (Å²) in [5.41, 5.74) is 0.967. The third-order valence-corrected chi connectivity index (χ3v) is 9.62. The lowest BCUT2D eigenvalue weighted by molar-refractivity contribution is -0.154. The fraction of sp³-hybridized carbons (Fsp3) is 0.500. The molecule has 0 radical (unpaired) electrons. The highest BCUT2D eigenvalue weighted by Gasteiger charge is 2.48. The molecular formula is C36H47FO9Si. The zero-order valence-electron chi connectivity index (χ0n) is 28.5. The van der Waals surface area contributed by atoms with Gasteiger partial charge in [-0.2, -0.15) is 0 Å². The molecule has 3 unspecified atom stereocenters. The molecule has 0 aliphatic carbocycles. The number of cyclic esters (lactones) is 1. The summed E-state index contributed by atoms with van der Waals surface area (Å²) in [6, 6.07) is 12.7. The van der Waals surface area contributed by atoms with E-state index in [4.69, 9.17) is 33.2 Å². The molecule has 5 atom stereocenters. The van der Waals surface area contributed by atoms with Crippen molar-refractivity contribution in [3.05, 3.63) is 77.1 Å². The molecule has 256 valence electrons. The first-order chi connectivity index (χ1) is 22.2. The minimum Gasteiger partial charge on any atom is -0.494 e. The van der Waals surface area contributed by atoms with E-state index >= 15 is 4.39 Å². The van der Waals surface area contributed by atoms with Crippen LogP contribution in [0.2, 0.25) is 25.7 Å². The summed E-state index contributed by atoms with van der Waals surface area (Å²) in [5, 5.41) is 0. The van der Waals surface area contributed by atoms with Crippen molar-refractivity contribution < 1.29 is 47.1 Å². The van der Waals surface area contributed by atoms with Gasteiger partial charge in [-0.25, -0.2) is 14.0 Å². The first kappa shape index (κ1) is 36.3. The van der Waals surface area contributed by atoms with Gasteiger partial charge in [-0.3, -0.25) is 0 Å². The number of ether oxygens (including phenoxy) is 7. The van der Waals surface area contributed by atoms with Gasteiger partial charge in [0.15, 0.2) is 18.7 Å². The van der Waals surface area contributed by atoms with Gasteiger partial charge in [-0.15, -0.1) is 0 Å². The number of halogens is 1. The van der Waals surface area contributed by atoms with Crippen LogP contribution >= 0.6 is 0 Å². The maximum absolute atomic E-state index is 16.2. The van der Waals surface area contributed by atoms with Crippen LogP contribution in [0, 0.1) is 5.92 Å². The maximum Gasteiger partial charge on any atom is 0.342 e. The van der Waals surface area contributed by atoms with Gasteiger partial charge in [-0.05, 0) is 63.1 Å². The van der Waals surface area contributed by atoms with E-state index in [1.54, 1.807) is 82.3 Å². The minimum absolute atomic E-state index is 0.102. The van der Waals surface area contributed by atoms with Crippen LogP contribution in [-0.2, 0) is 23.7 Å². The van der Waals surface area contributed by atoms with E-state index in [0.717, 1.165) is 6.04 Å². The number of rotatable bonds is 9. The fourth-order valence-electron chi connectivity index (χ4n) is 5.24. The first-order valence-corrected chi connectivity index (χ1v) is 19.7. The monoisotopic (exact) mass is 670 g/mol. The average Bonchev–Trinajstić information content (AvgIpc) is 3.31. The molecule has 1 fully saturated rings. The lowest BCUT2D eigenvalue weighted by atomic mass is 9.98. The summed E-state index contributed by atoms with van der Waals surface area (Å²) in [4.78, 5) is 26.9. The number of hydrogen-bond donors (Lipinski definition) is 0. The molecule has 2 aliphatic rings. The molecule has 0 saturated carbocycles. The van der Waals surface area contributed by atoms with Crippen LogP contribution in [0.5, 0.6) is 11.5 Å². The van der Waals surface area contributed by atoms with Gasteiger partial charge < -0.3 is 33.2 Å². The van der Waals surface area contributed by atoms with Crippen molar-refractivity contribution in [2.45, 2.75) is 90.0 Å². The van der Waals surface area contributed by atoms with E-state index in [1.165, 1.54) is 13.2 Å². The van der Waals surface area contributed by atoms with E-state index in [0.29, 0.717) is 17.9 Å². The molecule has 0 spiro atoms. The molecule has 0 aromatic heterocycles. The van der Waals surface area contributed by atoms with Crippen LogP contribution in [0.1, 0.15) is 60.4 Å². The number of benzene rings is 2. The van der Waals surface area contributed by atoms with Gasteiger partial charge in [0.05, 0.1) is 18.3 Å². The van der Waals surface area contributed by atoms with Crippen LogP contribution in [-0.4, -0.2) is 70.7 Å². The second-order valence-electron chi connectivity index (χ2n) is 13.6. The Labute approximate surface area is 278 Å². The van der Waals surface area contributed by atoms with Gasteiger partial charge in [0.1, 0.15) is 35.1 Å². The molecule has 2 heterocycles. The Morgan fingerprint density at radius 2 is 1.79 bits per heavy atom. The second kappa shape index (κ2) is 15.6. The number of carbonyl (C=O) groups is 2. The summed E-state index contributed by atoms with van der Waals surface area (Å²) >= 11 is 0. The zero-order valence-corrected chi connectivity index (χ0v) is 29.5. The molecule has 2 aliphatic heterocycles. The lowest BCUT2D eigenvalue weighted by Gasteiger charge is -2.27. The average molecular weight is 671 g/mol. The Balaban J connectivity index is 1.76. The highest BCUT2D eigenvalue weighted by Crippen LogP contribution is 2.37. The van der Waals surface area contributed by atoms with Gasteiger partial charge in [0.25, 0.3) is 0 Å². The quantitative estimate of drug-likeness (QED) is 0.152. The molecule has 0 N–H and O–H groups in total. The predicted octanol–water partition coefficient (Wildman–Crippen LogP) is 7.58. The topological polar surface area (TPSA) is 98.8 Å². The van der Waals surface area contributed by atoms with Gasteiger partial charge in [0.2, 0.25) is 0 Å². The molecule has 0 amide bonds. The van der Waals surface area contributed by atoms with E-state index in [-0.39, 0.29) is 30.1 Å². The van der Waals surface area contributed by atoms with E-state index in [2.05, 4.69) is 19.6 Å². The van der Waals surface area contributed by atoms with Gasteiger partial charge in [0, 0.05) is 27.2 Å². The van der Waals surface area contributed by atoms with Crippen molar-refractivity contribution >= 4 is 26.1 Å². The Morgan fingerprint density at radius 3 is 2.47 bits per heavy atom. The molecule has 2 aromatic rings. The Kier molecular flexibility index (Phi) is 12.0. The van der Waals surface area contributed by atoms with Crippen molar-refractivity contribution in [2.75, 3.05) is 20.5 Å². The third kappa shape index (κ3) is 9.99. The van der Waals surface area contributed by atoms with Crippen molar-refractivity contribution in [2.24, 2.45) is 5.92 Å². The molecule has 1 saturated heterocycles. The molecule has 2 aromatic carbocycles. The lowest BCUT2D eigenvalue weighted by Crippen LogP contribution is -2.39. The second-order valence-corrected chi connectivity index (χ2v) is 19.2. The van der Waals surface area contributed by atoms with Crippen LogP contribution in [0.4, 0.5) is 4.39 Å². The first-order valence-electron chi connectivity index (χ1n) is 16.0. The van der Waals surface area contributed by atoms with Crippen molar-refractivity contribution in [1.29, 1.82) is 0 Å². The number of carbonyl (C=O) groups excluding carboxylic acids is 2. The van der Waals surface area contributed by atoms with Crippen molar-refractivity contribution in [3.63, 3.8) is 0 Å².